The molecule has 1 atom stereocenters. The Morgan fingerprint density at radius 2 is 2.00 bits per heavy atom. The number of morpholine rings is 1. The molecule has 1 aliphatic rings. The van der Waals surface area contributed by atoms with Gasteiger partial charge >= 0.3 is 6.03 Å². The maximum absolute atomic E-state index is 12.2. The number of carbonyl (C=O) groups excluding carboxylic acids is 2. The minimum Gasteiger partial charge on any atom is -0.367 e. The summed E-state index contributed by atoms with van der Waals surface area (Å²) in [5.41, 5.74) is 6.44. The van der Waals surface area contributed by atoms with E-state index in [4.69, 9.17) is 10.5 Å². The number of hydrogen-bond donors (Lipinski definition) is 2. The second kappa shape index (κ2) is 7.31. The van der Waals surface area contributed by atoms with E-state index in [0.717, 1.165) is 6.42 Å². The first-order chi connectivity index (χ1) is 11.6. The minimum atomic E-state index is -0.720. The first-order valence-electron chi connectivity index (χ1n) is 8.05. The van der Waals surface area contributed by atoms with Crippen LogP contribution in [0.3, 0.4) is 0 Å². The number of primary amides is 1. The monoisotopic (exact) mass is 327 g/mol. The van der Waals surface area contributed by atoms with E-state index in [9.17, 15) is 9.59 Å². The number of hydrogen-bond acceptors (Lipinski definition) is 3. The number of ether oxygens (including phenoxy) is 1. The van der Waals surface area contributed by atoms with Crippen molar-refractivity contribution in [3.8, 4) is 0 Å². The summed E-state index contributed by atoms with van der Waals surface area (Å²) in [6.45, 7) is 1.52. The van der Waals surface area contributed by atoms with E-state index < -0.39 is 12.0 Å². The van der Waals surface area contributed by atoms with Crippen LogP contribution in [0, 0.1) is 0 Å². The highest BCUT2D eigenvalue weighted by Gasteiger charge is 2.27. The Bertz CT molecular complexity index is 742. The van der Waals surface area contributed by atoms with E-state index in [1.807, 2.05) is 18.2 Å². The maximum atomic E-state index is 12.2. The fraction of sp³-hybridized carbons (Fsp3) is 0.333. The van der Waals surface area contributed by atoms with Crippen LogP contribution in [0.2, 0.25) is 0 Å². The number of nitrogens with two attached hydrogens (primary N) is 1. The molecule has 2 aromatic carbocycles. The standard InChI is InChI=1S/C18H21N3O3/c19-17(22)16-12-21(10-11-24-16)18(23)20-9-8-14-6-3-5-13-4-1-2-7-15(13)14/h1-7,16H,8-12H2,(H2,19,22)(H,20,23)/t16-/m1/s1. The number of benzene rings is 2. The third-order valence-corrected chi connectivity index (χ3v) is 4.22. The van der Waals surface area contributed by atoms with Crippen molar-refractivity contribution in [1.82, 2.24) is 10.2 Å². The molecule has 24 heavy (non-hydrogen) atoms. The van der Waals surface area contributed by atoms with E-state index >= 15 is 0 Å². The molecule has 126 valence electrons. The van der Waals surface area contributed by atoms with Crippen molar-refractivity contribution in [2.45, 2.75) is 12.5 Å². The van der Waals surface area contributed by atoms with Crippen molar-refractivity contribution in [2.24, 2.45) is 5.73 Å². The van der Waals surface area contributed by atoms with Crippen LogP contribution in [-0.2, 0) is 16.0 Å². The van der Waals surface area contributed by atoms with Gasteiger partial charge in [-0.05, 0) is 22.8 Å². The lowest BCUT2D eigenvalue weighted by Crippen LogP contribution is -2.53. The SMILES string of the molecule is NC(=O)[C@H]1CN(C(=O)NCCc2cccc3ccccc23)CCO1. The minimum absolute atomic E-state index is 0.190. The largest absolute Gasteiger partial charge is 0.367 e. The number of amides is 3. The van der Waals surface area contributed by atoms with Crippen molar-refractivity contribution in [1.29, 1.82) is 0 Å². The molecule has 1 heterocycles. The second-order valence-corrected chi connectivity index (χ2v) is 5.83. The Balaban J connectivity index is 1.56. The Morgan fingerprint density at radius 3 is 2.83 bits per heavy atom. The molecule has 1 fully saturated rings. The first-order valence-corrected chi connectivity index (χ1v) is 8.05. The lowest BCUT2D eigenvalue weighted by Gasteiger charge is -2.31. The van der Waals surface area contributed by atoms with E-state index in [1.165, 1.54) is 16.3 Å². The van der Waals surface area contributed by atoms with Crippen LogP contribution >= 0.6 is 0 Å². The smallest absolute Gasteiger partial charge is 0.317 e. The van der Waals surface area contributed by atoms with Crippen LogP contribution in [0.25, 0.3) is 10.8 Å². The highest BCUT2D eigenvalue weighted by molar-refractivity contribution is 5.85. The van der Waals surface area contributed by atoms with Gasteiger partial charge in [0.1, 0.15) is 0 Å². The van der Waals surface area contributed by atoms with E-state index in [1.54, 1.807) is 4.90 Å². The van der Waals surface area contributed by atoms with Crippen LogP contribution in [-0.4, -0.2) is 49.2 Å². The predicted octanol–water partition coefficient (Wildman–Crippen LogP) is 1.28. The molecule has 3 N–H and O–H groups in total. The van der Waals surface area contributed by atoms with Gasteiger partial charge in [-0.25, -0.2) is 4.79 Å². The van der Waals surface area contributed by atoms with Gasteiger partial charge < -0.3 is 20.7 Å². The molecule has 0 radical (unpaired) electrons. The summed E-state index contributed by atoms with van der Waals surface area (Å²) in [6.07, 6.45) is 0.0269. The zero-order valence-electron chi connectivity index (χ0n) is 13.4. The number of rotatable bonds is 4. The summed E-state index contributed by atoms with van der Waals surface area (Å²) < 4.78 is 5.25. The molecule has 0 saturated carbocycles. The van der Waals surface area contributed by atoms with Gasteiger partial charge in [-0.3, -0.25) is 4.79 Å². The molecule has 1 saturated heterocycles. The third-order valence-electron chi connectivity index (χ3n) is 4.22. The van der Waals surface area contributed by atoms with Crippen molar-refractivity contribution in [3.63, 3.8) is 0 Å². The first kappa shape index (κ1) is 16.3. The Hall–Kier alpha value is -2.60. The van der Waals surface area contributed by atoms with Crippen LogP contribution in [0.15, 0.2) is 42.5 Å². The molecule has 2 aromatic rings. The van der Waals surface area contributed by atoms with Crippen molar-refractivity contribution >= 4 is 22.7 Å². The van der Waals surface area contributed by atoms with Gasteiger partial charge in [0.2, 0.25) is 5.91 Å². The van der Waals surface area contributed by atoms with Gasteiger partial charge in [0.25, 0.3) is 0 Å². The summed E-state index contributed by atoms with van der Waals surface area (Å²) in [7, 11) is 0. The summed E-state index contributed by atoms with van der Waals surface area (Å²) in [4.78, 5) is 25.0. The summed E-state index contributed by atoms with van der Waals surface area (Å²) in [5, 5.41) is 5.30. The average Bonchev–Trinajstić information content (AvgIpc) is 2.62. The number of nitrogens with one attached hydrogen (secondary N) is 1. The number of carbonyl (C=O) groups is 2. The van der Waals surface area contributed by atoms with Crippen molar-refractivity contribution < 1.29 is 14.3 Å². The predicted molar refractivity (Wildman–Crippen MR) is 91.6 cm³/mol. The third kappa shape index (κ3) is 3.65. The Labute approximate surface area is 140 Å². The zero-order chi connectivity index (χ0) is 16.9. The molecule has 0 bridgehead atoms. The van der Waals surface area contributed by atoms with Crippen LogP contribution in [0.1, 0.15) is 5.56 Å². The van der Waals surface area contributed by atoms with Crippen LogP contribution in [0.5, 0.6) is 0 Å². The van der Waals surface area contributed by atoms with Crippen LogP contribution < -0.4 is 11.1 Å². The van der Waals surface area contributed by atoms with Gasteiger partial charge in [0, 0.05) is 13.1 Å². The molecule has 0 aliphatic carbocycles. The van der Waals surface area contributed by atoms with Crippen molar-refractivity contribution in [3.05, 3.63) is 48.0 Å². The van der Waals surface area contributed by atoms with E-state index in [0.29, 0.717) is 19.7 Å². The number of nitrogens with zero attached hydrogens (tertiary/aromatic N) is 1. The normalized spacial score (nSPS) is 17.7. The summed E-state index contributed by atoms with van der Waals surface area (Å²) >= 11 is 0. The van der Waals surface area contributed by atoms with Crippen molar-refractivity contribution in [2.75, 3.05) is 26.2 Å². The maximum Gasteiger partial charge on any atom is 0.317 e. The molecule has 0 unspecified atom stereocenters. The highest BCUT2D eigenvalue weighted by Crippen LogP contribution is 2.18. The topological polar surface area (TPSA) is 84.7 Å². The summed E-state index contributed by atoms with van der Waals surface area (Å²) in [5.74, 6) is -0.539. The molecule has 6 heteroatoms. The fourth-order valence-corrected chi connectivity index (χ4v) is 2.93. The average molecular weight is 327 g/mol. The zero-order valence-corrected chi connectivity index (χ0v) is 13.4. The molecule has 1 aliphatic heterocycles. The Morgan fingerprint density at radius 1 is 1.21 bits per heavy atom. The second-order valence-electron chi connectivity index (χ2n) is 5.83. The molecular formula is C18H21N3O3. The molecule has 0 spiro atoms. The van der Waals surface area contributed by atoms with Gasteiger partial charge in [-0.15, -0.1) is 0 Å². The lowest BCUT2D eigenvalue weighted by molar-refractivity contribution is -0.133. The van der Waals surface area contributed by atoms with Gasteiger partial charge in [-0.2, -0.15) is 0 Å². The van der Waals surface area contributed by atoms with Gasteiger partial charge in [-0.1, -0.05) is 42.5 Å². The quantitative estimate of drug-likeness (QED) is 0.887. The van der Waals surface area contributed by atoms with E-state index in [-0.39, 0.29) is 12.6 Å². The fourth-order valence-electron chi connectivity index (χ4n) is 2.93. The van der Waals surface area contributed by atoms with Gasteiger partial charge in [0.15, 0.2) is 6.10 Å². The number of urea groups is 1. The molecule has 6 nitrogen and oxygen atoms in total. The van der Waals surface area contributed by atoms with Crippen LogP contribution in [0.4, 0.5) is 4.79 Å². The Kier molecular flexibility index (Phi) is 4.96. The molecule has 0 aromatic heterocycles. The van der Waals surface area contributed by atoms with Gasteiger partial charge in [0.05, 0.1) is 13.2 Å². The molecular weight excluding hydrogens is 306 g/mol. The summed E-state index contributed by atoms with van der Waals surface area (Å²) in [6, 6.07) is 14.2. The number of fused-ring (bicyclic) bond motifs is 1. The molecule has 3 rings (SSSR count). The van der Waals surface area contributed by atoms with E-state index in [2.05, 4.69) is 29.6 Å². The highest BCUT2D eigenvalue weighted by atomic mass is 16.5. The molecule has 3 amide bonds. The lowest BCUT2D eigenvalue weighted by atomic mass is 10.0.